The molecule has 0 fully saturated rings. The first-order valence-electron chi connectivity index (χ1n) is 6.41. The molecule has 1 heterocycles. The molecule has 1 aromatic carbocycles. The normalized spacial score (nSPS) is 11.8. The fourth-order valence-electron chi connectivity index (χ4n) is 1.68. The highest BCUT2D eigenvalue weighted by Gasteiger charge is 2.30. The monoisotopic (exact) mass is 359 g/mol. The first-order chi connectivity index (χ1) is 10.7. The summed E-state index contributed by atoms with van der Waals surface area (Å²) in [6.45, 7) is 1.60. The summed E-state index contributed by atoms with van der Waals surface area (Å²) >= 11 is 1.13. The summed E-state index contributed by atoms with van der Waals surface area (Å²) in [6.07, 6.45) is -4.43. The fourth-order valence-corrected chi connectivity index (χ4v) is 3.93. The van der Waals surface area contributed by atoms with Crippen molar-refractivity contribution in [3.8, 4) is 11.8 Å². The molecule has 0 amide bonds. The zero-order valence-corrected chi connectivity index (χ0v) is 13.6. The van der Waals surface area contributed by atoms with Crippen LogP contribution in [0.3, 0.4) is 0 Å². The van der Waals surface area contributed by atoms with E-state index in [0.29, 0.717) is 0 Å². The second kappa shape index (κ2) is 6.74. The Morgan fingerprint density at radius 2 is 1.96 bits per heavy atom. The fraction of sp³-hybridized carbons (Fsp3) is 0.200. The van der Waals surface area contributed by atoms with Gasteiger partial charge in [-0.2, -0.15) is 17.9 Å². The van der Waals surface area contributed by atoms with Crippen molar-refractivity contribution in [3.63, 3.8) is 0 Å². The largest absolute Gasteiger partial charge is 0.416 e. The number of alkyl halides is 3. The van der Waals surface area contributed by atoms with Crippen LogP contribution in [0.25, 0.3) is 0 Å². The van der Waals surface area contributed by atoms with Crippen molar-refractivity contribution in [2.75, 3.05) is 6.54 Å². The van der Waals surface area contributed by atoms with Gasteiger partial charge in [-0.15, -0.1) is 11.3 Å². The lowest BCUT2D eigenvalue weighted by Gasteiger charge is -2.05. The maximum absolute atomic E-state index is 12.6. The Balaban J connectivity index is 2.04. The molecule has 0 saturated heterocycles. The molecule has 3 nitrogen and oxygen atoms in total. The van der Waals surface area contributed by atoms with E-state index in [9.17, 15) is 21.6 Å². The highest BCUT2D eigenvalue weighted by Crippen LogP contribution is 2.29. The van der Waals surface area contributed by atoms with Crippen LogP contribution in [0.2, 0.25) is 0 Å². The number of aryl methyl sites for hydroxylation is 1. The van der Waals surface area contributed by atoms with E-state index in [1.54, 1.807) is 13.0 Å². The number of halogens is 3. The van der Waals surface area contributed by atoms with E-state index < -0.39 is 21.8 Å². The van der Waals surface area contributed by atoms with Crippen LogP contribution in [0.1, 0.15) is 16.0 Å². The van der Waals surface area contributed by atoms with Crippen molar-refractivity contribution in [2.24, 2.45) is 0 Å². The topological polar surface area (TPSA) is 46.2 Å². The lowest BCUT2D eigenvalue weighted by Crippen LogP contribution is -2.23. The summed E-state index contributed by atoms with van der Waals surface area (Å²) in [6, 6.07) is 7.73. The molecule has 2 aromatic rings. The van der Waals surface area contributed by atoms with Crippen molar-refractivity contribution in [3.05, 3.63) is 52.4 Å². The number of nitrogens with one attached hydrogen (secondary N) is 1. The van der Waals surface area contributed by atoms with Crippen LogP contribution >= 0.6 is 11.3 Å². The van der Waals surface area contributed by atoms with Crippen LogP contribution < -0.4 is 4.72 Å². The predicted octanol–water partition coefficient (Wildman–Crippen LogP) is 3.41. The van der Waals surface area contributed by atoms with Crippen LogP contribution in [0.5, 0.6) is 0 Å². The van der Waals surface area contributed by atoms with E-state index in [0.717, 1.165) is 28.3 Å². The minimum atomic E-state index is -4.43. The van der Waals surface area contributed by atoms with E-state index in [2.05, 4.69) is 16.6 Å². The molecule has 0 spiro atoms. The zero-order chi connectivity index (χ0) is 17.1. The van der Waals surface area contributed by atoms with Crippen molar-refractivity contribution < 1.29 is 21.6 Å². The number of hydrogen-bond donors (Lipinski definition) is 1. The third kappa shape index (κ3) is 4.82. The third-order valence-electron chi connectivity index (χ3n) is 2.75. The van der Waals surface area contributed by atoms with Gasteiger partial charge in [0.05, 0.1) is 12.1 Å². The highest BCUT2D eigenvalue weighted by atomic mass is 32.2. The summed E-state index contributed by atoms with van der Waals surface area (Å²) in [5.41, 5.74) is -0.620. The van der Waals surface area contributed by atoms with Crippen LogP contribution in [0.15, 0.2) is 40.6 Å². The lowest BCUT2D eigenvalue weighted by molar-refractivity contribution is -0.137. The standard InChI is InChI=1S/C15H12F3NO2S2/c1-11-7-8-14(22-11)23(20,21)19-9-3-5-12-4-2-6-13(10-12)15(16,17)18/h2,4,6-8,10,19H,9H2,1H3. The summed E-state index contributed by atoms with van der Waals surface area (Å²) in [5, 5.41) is 0. The summed E-state index contributed by atoms with van der Waals surface area (Å²) in [5.74, 6) is 5.02. The van der Waals surface area contributed by atoms with Gasteiger partial charge in [-0.05, 0) is 37.3 Å². The molecule has 0 bridgehead atoms. The minimum Gasteiger partial charge on any atom is -0.206 e. The van der Waals surface area contributed by atoms with E-state index in [1.165, 1.54) is 18.2 Å². The van der Waals surface area contributed by atoms with E-state index >= 15 is 0 Å². The van der Waals surface area contributed by atoms with E-state index in [-0.39, 0.29) is 16.3 Å². The van der Waals surface area contributed by atoms with Crippen molar-refractivity contribution in [2.45, 2.75) is 17.3 Å². The molecule has 8 heteroatoms. The van der Waals surface area contributed by atoms with Crippen molar-refractivity contribution >= 4 is 21.4 Å². The van der Waals surface area contributed by atoms with Gasteiger partial charge in [0.2, 0.25) is 0 Å². The molecule has 122 valence electrons. The van der Waals surface area contributed by atoms with Gasteiger partial charge < -0.3 is 0 Å². The van der Waals surface area contributed by atoms with Gasteiger partial charge in [0.15, 0.2) is 0 Å². The van der Waals surface area contributed by atoms with Crippen molar-refractivity contribution in [1.82, 2.24) is 4.72 Å². The molecule has 0 aliphatic carbocycles. The Labute approximate surface area is 136 Å². The molecule has 1 aromatic heterocycles. The van der Waals surface area contributed by atoms with E-state index in [1.807, 2.05) is 0 Å². The SMILES string of the molecule is Cc1ccc(S(=O)(=O)NCC#Cc2cccc(C(F)(F)F)c2)s1. The molecule has 0 radical (unpaired) electrons. The quantitative estimate of drug-likeness (QED) is 0.854. The Hall–Kier alpha value is -1.82. The summed E-state index contributed by atoms with van der Waals surface area (Å²) < 4.78 is 64.0. The van der Waals surface area contributed by atoms with Gasteiger partial charge in [0.25, 0.3) is 10.0 Å². The molecule has 2 rings (SSSR count). The number of rotatable bonds is 3. The van der Waals surface area contributed by atoms with Gasteiger partial charge in [-0.1, -0.05) is 17.9 Å². The number of thiophene rings is 1. The van der Waals surface area contributed by atoms with Crippen LogP contribution in [0, 0.1) is 18.8 Å². The molecule has 23 heavy (non-hydrogen) atoms. The van der Waals surface area contributed by atoms with Gasteiger partial charge in [0, 0.05) is 10.4 Å². The van der Waals surface area contributed by atoms with Crippen LogP contribution in [-0.2, 0) is 16.2 Å². The first-order valence-corrected chi connectivity index (χ1v) is 8.71. The summed E-state index contributed by atoms with van der Waals surface area (Å²) in [7, 11) is -3.64. The molecule has 1 N–H and O–H groups in total. The molecule has 0 aliphatic rings. The average Bonchev–Trinajstić information content (AvgIpc) is 2.91. The Kier molecular flexibility index (Phi) is 5.14. The first kappa shape index (κ1) is 17.5. The molecule has 0 atom stereocenters. The molecular weight excluding hydrogens is 347 g/mol. The second-order valence-electron chi connectivity index (χ2n) is 4.57. The van der Waals surface area contributed by atoms with Crippen LogP contribution in [0.4, 0.5) is 13.2 Å². The zero-order valence-electron chi connectivity index (χ0n) is 11.9. The van der Waals surface area contributed by atoms with Crippen LogP contribution in [-0.4, -0.2) is 15.0 Å². The molecular formula is C15H12F3NO2S2. The third-order valence-corrected chi connectivity index (χ3v) is 5.65. The molecule has 0 unspecified atom stereocenters. The lowest BCUT2D eigenvalue weighted by atomic mass is 10.1. The maximum atomic E-state index is 12.6. The number of sulfonamides is 1. The molecule has 0 aliphatic heterocycles. The van der Waals surface area contributed by atoms with Gasteiger partial charge in [0.1, 0.15) is 4.21 Å². The highest BCUT2D eigenvalue weighted by molar-refractivity contribution is 7.91. The molecule has 0 saturated carbocycles. The predicted molar refractivity (Wildman–Crippen MR) is 82.6 cm³/mol. The summed E-state index contributed by atoms with van der Waals surface area (Å²) in [4.78, 5) is 0.862. The minimum absolute atomic E-state index is 0.172. The Bertz CT molecular complexity index is 859. The number of hydrogen-bond acceptors (Lipinski definition) is 3. The van der Waals surface area contributed by atoms with Gasteiger partial charge in [-0.3, -0.25) is 0 Å². The van der Waals surface area contributed by atoms with Gasteiger partial charge in [-0.25, -0.2) is 8.42 Å². The number of benzene rings is 1. The second-order valence-corrected chi connectivity index (χ2v) is 7.85. The van der Waals surface area contributed by atoms with Crippen molar-refractivity contribution in [1.29, 1.82) is 0 Å². The smallest absolute Gasteiger partial charge is 0.206 e. The Morgan fingerprint density at radius 1 is 1.22 bits per heavy atom. The van der Waals surface area contributed by atoms with E-state index in [4.69, 9.17) is 0 Å². The maximum Gasteiger partial charge on any atom is 0.416 e. The average molecular weight is 359 g/mol. The van der Waals surface area contributed by atoms with Gasteiger partial charge >= 0.3 is 6.18 Å². The Morgan fingerprint density at radius 3 is 2.57 bits per heavy atom.